The molecule has 25 heavy (non-hydrogen) atoms. The second-order valence-corrected chi connectivity index (χ2v) is 8.15. The van der Waals surface area contributed by atoms with Crippen LogP contribution in [0.4, 0.5) is 4.79 Å². The maximum atomic E-state index is 11.8. The van der Waals surface area contributed by atoms with E-state index in [1.807, 2.05) is 31.5 Å². The molecule has 0 aliphatic carbocycles. The van der Waals surface area contributed by atoms with Crippen LogP contribution in [0, 0.1) is 0 Å². The summed E-state index contributed by atoms with van der Waals surface area (Å²) in [5, 5.41) is 5.71. The van der Waals surface area contributed by atoms with Crippen LogP contribution in [0.25, 0.3) is 0 Å². The van der Waals surface area contributed by atoms with Gasteiger partial charge in [-0.2, -0.15) is 0 Å². The number of urea groups is 1. The first-order valence-corrected chi connectivity index (χ1v) is 11.0. The Morgan fingerprint density at radius 3 is 2.16 bits per heavy atom. The number of imidazole rings is 1. The Hall–Kier alpha value is -1.42. The van der Waals surface area contributed by atoms with Crippen LogP contribution in [0.1, 0.15) is 33.6 Å². The molecular weight excluding hydrogens is 340 g/mol. The minimum absolute atomic E-state index is 0.151. The minimum Gasteiger partial charge on any atom is -0.374 e. The van der Waals surface area contributed by atoms with Crippen LogP contribution >= 0.6 is 0 Å². The molecule has 1 rings (SSSR count). The number of hydrogen-bond acceptors (Lipinski definition) is 5. The summed E-state index contributed by atoms with van der Waals surface area (Å²) in [4.78, 5) is 15.8. The van der Waals surface area contributed by atoms with Crippen LogP contribution in [-0.2, 0) is 19.8 Å². The number of aryl methyl sites for hydroxylation is 1. The molecule has 8 nitrogen and oxygen atoms in total. The first-order chi connectivity index (χ1) is 12.2. The highest BCUT2D eigenvalue weighted by molar-refractivity contribution is 6.60. The lowest BCUT2D eigenvalue weighted by atomic mass is 10.4. The lowest BCUT2D eigenvalue weighted by molar-refractivity contribution is 0.0708. The average Bonchev–Trinajstić information content (AvgIpc) is 3.10. The summed E-state index contributed by atoms with van der Waals surface area (Å²) in [5.74, 6) is 0. The second kappa shape index (κ2) is 12.9. The number of amides is 2. The van der Waals surface area contributed by atoms with Crippen molar-refractivity contribution in [1.29, 1.82) is 0 Å². The highest BCUT2D eigenvalue weighted by Gasteiger charge is 2.39. The molecule has 2 amide bonds. The Kier molecular flexibility index (Phi) is 11.1. The van der Waals surface area contributed by atoms with Crippen molar-refractivity contribution in [2.24, 2.45) is 0 Å². The van der Waals surface area contributed by atoms with E-state index in [1.54, 1.807) is 12.5 Å². The van der Waals surface area contributed by atoms with Crippen molar-refractivity contribution in [2.45, 2.75) is 46.2 Å². The van der Waals surface area contributed by atoms with E-state index in [-0.39, 0.29) is 6.03 Å². The van der Waals surface area contributed by atoms with Gasteiger partial charge in [0.05, 0.1) is 6.33 Å². The minimum atomic E-state index is -2.61. The van der Waals surface area contributed by atoms with E-state index in [9.17, 15) is 4.79 Å². The van der Waals surface area contributed by atoms with Crippen molar-refractivity contribution in [3.8, 4) is 0 Å². The van der Waals surface area contributed by atoms with Gasteiger partial charge < -0.3 is 28.5 Å². The molecule has 0 saturated heterocycles. The molecular formula is C16H32N4O4Si. The van der Waals surface area contributed by atoms with Crippen LogP contribution in [0.3, 0.4) is 0 Å². The topological polar surface area (TPSA) is 86.6 Å². The van der Waals surface area contributed by atoms with Crippen molar-refractivity contribution in [3.63, 3.8) is 0 Å². The van der Waals surface area contributed by atoms with Gasteiger partial charge in [-0.15, -0.1) is 0 Å². The molecule has 0 atom stereocenters. The second-order valence-electron chi connectivity index (χ2n) is 5.42. The van der Waals surface area contributed by atoms with Gasteiger partial charge in [0.1, 0.15) is 0 Å². The fourth-order valence-corrected chi connectivity index (χ4v) is 5.07. The fraction of sp³-hybridized carbons (Fsp3) is 0.750. The number of nitrogens with zero attached hydrogens (tertiary/aromatic N) is 2. The van der Waals surface area contributed by atoms with Gasteiger partial charge in [-0.05, 0) is 33.6 Å². The van der Waals surface area contributed by atoms with Gasteiger partial charge in [0.15, 0.2) is 0 Å². The molecule has 0 radical (unpaired) electrons. The van der Waals surface area contributed by atoms with E-state index in [4.69, 9.17) is 13.3 Å². The van der Waals surface area contributed by atoms with Gasteiger partial charge in [0.2, 0.25) is 0 Å². The zero-order valence-electron chi connectivity index (χ0n) is 15.6. The van der Waals surface area contributed by atoms with Crippen LogP contribution in [-0.4, -0.2) is 57.3 Å². The zero-order valence-corrected chi connectivity index (χ0v) is 16.6. The number of rotatable bonds is 14. The van der Waals surface area contributed by atoms with Crippen molar-refractivity contribution >= 4 is 14.8 Å². The van der Waals surface area contributed by atoms with Gasteiger partial charge in [-0.25, -0.2) is 9.78 Å². The monoisotopic (exact) mass is 372 g/mol. The largest absolute Gasteiger partial charge is 0.500 e. The van der Waals surface area contributed by atoms with Crippen molar-refractivity contribution in [3.05, 3.63) is 18.7 Å². The molecule has 0 bridgehead atoms. The Morgan fingerprint density at radius 2 is 1.64 bits per heavy atom. The smallest absolute Gasteiger partial charge is 0.374 e. The van der Waals surface area contributed by atoms with Crippen LogP contribution < -0.4 is 10.6 Å². The number of carbonyl (C=O) groups is 1. The maximum absolute atomic E-state index is 11.8. The van der Waals surface area contributed by atoms with Crippen molar-refractivity contribution in [2.75, 3.05) is 32.9 Å². The average molecular weight is 373 g/mol. The van der Waals surface area contributed by atoms with Crippen molar-refractivity contribution in [1.82, 2.24) is 20.2 Å². The molecule has 1 aromatic rings. The zero-order chi connectivity index (χ0) is 18.4. The standard InChI is InChI=1S/C16H32N4O4Si/c1-4-22-25(23-5-2,24-6-3)14-8-10-19-16(21)18-9-7-12-20-13-11-17-15-20/h11,13,15H,4-10,12,14H2,1-3H3,(H2,18,19,21). The Labute approximate surface area is 151 Å². The molecule has 0 unspecified atom stereocenters. The molecule has 0 aromatic carbocycles. The number of aromatic nitrogens is 2. The summed E-state index contributed by atoms with van der Waals surface area (Å²) < 4.78 is 19.4. The molecule has 0 aliphatic heterocycles. The molecule has 1 aromatic heterocycles. The molecule has 144 valence electrons. The predicted molar refractivity (Wildman–Crippen MR) is 98.3 cm³/mol. The van der Waals surface area contributed by atoms with Crippen LogP contribution in [0.15, 0.2) is 18.7 Å². The first-order valence-electron chi connectivity index (χ1n) is 9.05. The van der Waals surface area contributed by atoms with Crippen LogP contribution in [0.2, 0.25) is 6.04 Å². The molecule has 1 heterocycles. The van der Waals surface area contributed by atoms with Gasteiger partial charge >= 0.3 is 14.8 Å². The molecule has 0 saturated carbocycles. The third kappa shape index (κ3) is 9.01. The lowest BCUT2D eigenvalue weighted by Gasteiger charge is -2.28. The van der Waals surface area contributed by atoms with Gasteiger partial charge in [-0.1, -0.05) is 0 Å². The van der Waals surface area contributed by atoms with Crippen molar-refractivity contribution < 1.29 is 18.1 Å². The molecule has 0 fully saturated rings. The summed E-state index contributed by atoms with van der Waals surface area (Å²) in [6.07, 6.45) is 7.04. The fourth-order valence-electron chi connectivity index (χ4n) is 2.45. The Bertz CT molecular complexity index is 442. The van der Waals surface area contributed by atoms with Gasteiger partial charge in [0.25, 0.3) is 0 Å². The predicted octanol–water partition coefficient (Wildman–Crippen LogP) is 2.01. The van der Waals surface area contributed by atoms with E-state index >= 15 is 0 Å². The SMILES string of the molecule is CCO[Si](CCCNC(=O)NCCCn1ccnc1)(OCC)OCC. The lowest BCUT2D eigenvalue weighted by Crippen LogP contribution is -2.46. The van der Waals surface area contributed by atoms with Gasteiger partial charge in [0, 0.05) is 57.9 Å². The maximum Gasteiger partial charge on any atom is 0.500 e. The van der Waals surface area contributed by atoms with Crippen LogP contribution in [0.5, 0.6) is 0 Å². The third-order valence-electron chi connectivity index (χ3n) is 3.48. The summed E-state index contributed by atoms with van der Waals surface area (Å²) in [6, 6.07) is 0.547. The number of carbonyl (C=O) groups excluding carboxylic acids is 1. The molecule has 9 heteroatoms. The number of nitrogens with one attached hydrogen (secondary N) is 2. The van der Waals surface area contributed by atoms with E-state index in [0.717, 1.165) is 19.4 Å². The molecule has 0 aliphatic rings. The summed E-state index contributed by atoms with van der Waals surface area (Å²) in [6.45, 7) is 9.55. The first kappa shape index (κ1) is 21.6. The van der Waals surface area contributed by atoms with E-state index in [2.05, 4.69) is 15.6 Å². The Morgan fingerprint density at radius 1 is 1.04 bits per heavy atom. The molecule has 0 spiro atoms. The normalized spacial score (nSPS) is 11.5. The molecule has 2 N–H and O–H groups in total. The van der Waals surface area contributed by atoms with E-state index < -0.39 is 8.80 Å². The third-order valence-corrected chi connectivity index (χ3v) is 6.63. The quantitative estimate of drug-likeness (QED) is 0.385. The van der Waals surface area contributed by atoms with Gasteiger partial charge in [-0.3, -0.25) is 0 Å². The van der Waals surface area contributed by atoms with E-state index in [1.165, 1.54) is 0 Å². The summed E-state index contributed by atoms with van der Waals surface area (Å²) >= 11 is 0. The van der Waals surface area contributed by atoms with E-state index in [0.29, 0.717) is 39.0 Å². The Balaban J connectivity index is 2.17. The highest BCUT2D eigenvalue weighted by Crippen LogP contribution is 2.17. The summed E-state index contributed by atoms with van der Waals surface area (Å²) in [7, 11) is -2.61. The number of hydrogen-bond donors (Lipinski definition) is 2. The summed E-state index contributed by atoms with van der Waals surface area (Å²) in [5.41, 5.74) is 0. The highest BCUT2D eigenvalue weighted by atomic mass is 28.4.